The van der Waals surface area contributed by atoms with Crippen LogP contribution in [0.2, 0.25) is 0 Å². The molecule has 1 fully saturated rings. The van der Waals surface area contributed by atoms with Crippen molar-refractivity contribution in [1.29, 1.82) is 0 Å². The third kappa shape index (κ3) is 4.60. The fourth-order valence-electron chi connectivity index (χ4n) is 3.19. The molecule has 1 heterocycles. The highest BCUT2D eigenvalue weighted by Gasteiger charge is 2.17. The second kappa shape index (κ2) is 8.43. The van der Waals surface area contributed by atoms with Gasteiger partial charge in [0.25, 0.3) is 0 Å². The predicted molar refractivity (Wildman–Crippen MR) is 85.3 cm³/mol. The van der Waals surface area contributed by atoms with Gasteiger partial charge in [0.2, 0.25) is 0 Å². The van der Waals surface area contributed by atoms with E-state index in [9.17, 15) is 0 Å². The fourth-order valence-corrected chi connectivity index (χ4v) is 3.19. The lowest BCUT2D eigenvalue weighted by Gasteiger charge is -2.20. The van der Waals surface area contributed by atoms with Crippen LogP contribution in [-0.2, 0) is 4.74 Å². The highest BCUT2D eigenvalue weighted by Crippen LogP contribution is 2.26. The molecule has 0 amide bonds. The summed E-state index contributed by atoms with van der Waals surface area (Å²) >= 11 is 0. The summed E-state index contributed by atoms with van der Waals surface area (Å²) in [7, 11) is 0. The Labute approximate surface area is 123 Å². The van der Waals surface area contributed by atoms with E-state index in [1.165, 1.54) is 43.2 Å². The topological polar surface area (TPSA) is 21.3 Å². The second-order valence-corrected chi connectivity index (χ2v) is 5.93. The van der Waals surface area contributed by atoms with Gasteiger partial charge in [0, 0.05) is 13.2 Å². The van der Waals surface area contributed by atoms with Crippen molar-refractivity contribution in [1.82, 2.24) is 5.32 Å². The Balaban J connectivity index is 1.87. The average molecular weight is 275 g/mol. The SMILES string of the molecule is CCNCC(CCCC1CCCO1)c1ccccc1C. The number of benzene rings is 1. The highest BCUT2D eigenvalue weighted by atomic mass is 16.5. The number of hydrogen-bond donors (Lipinski definition) is 1. The Kier molecular flexibility index (Phi) is 6.55. The molecule has 0 saturated carbocycles. The standard InChI is InChI=1S/C18H29NO/c1-3-19-14-16(18-12-5-4-8-15(18)2)9-6-10-17-11-7-13-20-17/h4-5,8,12,16-17,19H,3,6-7,9-11,13-14H2,1-2H3. The van der Waals surface area contributed by atoms with Crippen LogP contribution in [0.25, 0.3) is 0 Å². The van der Waals surface area contributed by atoms with E-state index in [2.05, 4.69) is 43.4 Å². The molecule has 1 aromatic carbocycles. The summed E-state index contributed by atoms with van der Waals surface area (Å²) in [5.41, 5.74) is 2.94. The third-order valence-corrected chi connectivity index (χ3v) is 4.37. The minimum Gasteiger partial charge on any atom is -0.378 e. The smallest absolute Gasteiger partial charge is 0.0576 e. The molecule has 1 saturated heterocycles. The number of aryl methyl sites for hydroxylation is 1. The van der Waals surface area contributed by atoms with Gasteiger partial charge in [-0.15, -0.1) is 0 Å². The van der Waals surface area contributed by atoms with E-state index in [1.54, 1.807) is 0 Å². The van der Waals surface area contributed by atoms with E-state index >= 15 is 0 Å². The van der Waals surface area contributed by atoms with Crippen LogP contribution in [0, 0.1) is 6.92 Å². The molecule has 20 heavy (non-hydrogen) atoms. The first kappa shape index (κ1) is 15.5. The van der Waals surface area contributed by atoms with E-state index < -0.39 is 0 Å². The third-order valence-electron chi connectivity index (χ3n) is 4.37. The first-order valence-corrected chi connectivity index (χ1v) is 8.19. The first-order chi connectivity index (χ1) is 9.81. The van der Waals surface area contributed by atoms with Gasteiger partial charge < -0.3 is 10.1 Å². The van der Waals surface area contributed by atoms with Crippen molar-refractivity contribution in [2.45, 2.75) is 58.0 Å². The second-order valence-electron chi connectivity index (χ2n) is 5.93. The minimum absolute atomic E-state index is 0.534. The van der Waals surface area contributed by atoms with E-state index in [4.69, 9.17) is 4.74 Å². The molecular weight excluding hydrogens is 246 g/mol. The lowest BCUT2D eigenvalue weighted by Crippen LogP contribution is -2.22. The van der Waals surface area contributed by atoms with Gasteiger partial charge >= 0.3 is 0 Å². The van der Waals surface area contributed by atoms with Crippen molar-refractivity contribution in [2.24, 2.45) is 0 Å². The van der Waals surface area contributed by atoms with Crippen LogP contribution < -0.4 is 5.32 Å². The summed E-state index contributed by atoms with van der Waals surface area (Å²) in [6.45, 7) is 7.53. The lowest BCUT2D eigenvalue weighted by molar-refractivity contribution is 0.101. The molecule has 1 aliphatic heterocycles. The summed E-state index contributed by atoms with van der Waals surface area (Å²) in [5.74, 6) is 0.637. The lowest BCUT2D eigenvalue weighted by atomic mass is 9.89. The number of rotatable bonds is 8. The van der Waals surface area contributed by atoms with Crippen molar-refractivity contribution in [3.63, 3.8) is 0 Å². The summed E-state index contributed by atoms with van der Waals surface area (Å²) in [6.07, 6.45) is 6.82. The van der Waals surface area contributed by atoms with Crippen LogP contribution in [0.15, 0.2) is 24.3 Å². The van der Waals surface area contributed by atoms with Gasteiger partial charge in [-0.05, 0) is 56.2 Å². The van der Waals surface area contributed by atoms with Crippen molar-refractivity contribution < 1.29 is 4.74 Å². The molecule has 0 bridgehead atoms. The zero-order chi connectivity index (χ0) is 14.2. The van der Waals surface area contributed by atoms with Crippen LogP contribution in [-0.4, -0.2) is 25.8 Å². The Morgan fingerprint density at radius 2 is 2.20 bits per heavy atom. The zero-order valence-corrected chi connectivity index (χ0v) is 13.0. The zero-order valence-electron chi connectivity index (χ0n) is 13.0. The Hall–Kier alpha value is -0.860. The van der Waals surface area contributed by atoms with E-state index in [-0.39, 0.29) is 0 Å². The van der Waals surface area contributed by atoms with Gasteiger partial charge in [-0.2, -0.15) is 0 Å². The molecule has 0 spiro atoms. The minimum atomic E-state index is 0.534. The Morgan fingerprint density at radius 1 is 1.35 bits per heavy atom. The fraction of sp³-hybridized carbons (Fsp3) is 0.667. The maximum absolute atomic E-state index is 5.73. The normalized spacial score (nSPS) is 20.2. The predicted octanol–water partition coefficient (Wildman–Crippen LogP) is 4.04. The van der Waals surface area contributed by atoms with Gasteiger partial charge in [0.05, 0.1) is 6.10 Å². The molecule has 2 nitrogen and oxygen atoms in total. The number of nitrogens with one attached hydrogen (secondary N) is 1. The molecule has 1 aromatic rings. The Bertz CT molecular complexity index is 385. The molecular formula is C18H29NO. The van der Waals surface area contributed by atoms with Crippen molar-refractivity contribution >= 4 is 0 Å². The molecule has 112 valence electrons. The summed E-state index contributed by atoms with van der Waals surface area (Å²) < 4.78 is 5.73. The van der Waals surface area contributed by atoms with Crippen LogP contribution >= 0.6 is 0 Å². The molecule has 0 radical (unpaired) electrons. The molecule has 0 aliphatic carbocycles. The van der Waals surface area contributed by atoms with Gasteiger partial charge in [-0.1, -0.05) is 37.6 Å². The van der Waals surface area contributed by atoms with Gasteiger partial charge in [-0.25, -0.2) is 0 Å². The summed E-state index contributed by atoms with van der Waals surface area (Å²) in [6, 6.07) is 8.83. The van der Waals surface area contributed by atoms with Crippen LogP contribution in [0.4, 0.5) is 0 Å². The van der Waals surface area contributed by atoms with Crippen LogP contribution in [0.5, 0.6) is 0 Å². The van der Waals surface area contributed by atoms with Gasteiger partial charge in [-0.3, -0.25) is 0 Å². The van der Waals surface area contributed by atoms with Crippen LogP contribution in [0.3, 0.4) is 0 Å². The monoisotopic (exact) mass is 275 g/mol. The quantitative estimate of drug-likeness (QED) is 0.773. The molecule has 1 N–H and O–H groups in total. The van der Waals surface area contributed by atoms with Crippen molar-refractivity contribution in [3.05, 3.63) is 35.4 Å². The van der Waals surface area contributed by atoms with E-state index in [0.717, 1.165) is 19.7 Å². The first-order valence-electron chi connectivity index (χ1n) is 8.19. The number of hydrogen-bond acceptors (Lipinski definition) is 2. The highest BCUT2D eigenvalue weighted by molar-refractivity contribution is 5.29. The summed E-state index contributed by atoms with van der Waals surface area (Å²) in [5, 5.41) is 3.52. The largest absolute Gasteiger partial charge is 0.378 e. The van der Waals surface area contributed by atoms with Crippen molar-refractivity contribution in [3.8, 4) is 0 Å². The summed E-state index contributed by atoms with van der Waals surface area (Å²) in [4.78, 5) is 0. The molecule has 2 unspecified atom stereocenters. The molecule has 2 heteroatoms. The maximum atomic E-state index is 5.73. The maximum Gasteiger partial charge on any atom is 0.0576 e. The van der Waals surface area contributed by atoms with Crippen LogP contribution in [0.1, 0.15) is 56.1 Å². The molecule has 2 rings (SSSR count). The molecule has 1 aliphatic rings. The number of ether oxygens (including phenoxy) is 1. The molecule has 2 atom stereocenters. The average Bonchev–Trinajstić information content (AvgIpc) is 2.97. The van der Waals surface area contributed by atoms with E-state index in [0.29, 0.717) is 12.0 Å². The van der Waals surface area contributed by atoms with Gasteiger partial charge in [0.1, 0.15) is 0 Å². The van der Waals surface area contributed by atoms with E-state index in [1.807, 2.05) is 0 Å². The molecule has 0 aromatic heterocycles. The number of likely N-dealkylation sites (N-methyl/N-ethyl adjacent to an activating group) is 1. The van der Waals surface area contributed by atoms with Crippen molar-refractivity contribution in [2.75, 3.05) is 19.7 Å². The van der Waals surface area contributed by atoms with Gasteiger partial charge in [0.15, 0.2) is 0 Å². The Morgan fingerprint density at radius 3 is 2.90 bits per heavy atom.